The monoisotopic (exact) mass is 358 g/mol. The SMILES string of the molecule is CCc1noc2ncc(C(=O)NCc3ccc4c(c3)CNC4)cc12.Cl. The van der Waals surface area contributed by atoms with Crippen LogP contribution in [0.5, 0.6) is 0 Å². The highest BCUT2D eigenvalue weighted by molar-refractivity contribution is 5.96. The first-order valence-electron chi connectivity index (χ1n) is 8.08. The molecule has 0 atom stereocenters. The van der Waals surface area contributed by atoms with Gasteiger partial charge < -0.3 is 15.2 Å². The molecule has 3 heterocycles. The Kier molecular flexibility index (Phi) is 5.01. The zero-order chi connectivity index (χ0) is 16.5. The van der Waals surface area contributed by atoms with E-state index in [-0.39, 0.29) is 18.3 Å². The number of nitrogens with zero attached hydrogens (tertiary/aromatic N) is 2. The van der Waals surface area contributed by atoms with Crippen molar-refractivity contribution in [1.29, 1.82) is 0 Å². The van der Waals surface area contributed by atoms with Crippen LogP contribution in [-0.4, -0.2) is 16.0 Å². The number of hydrogen-bond donors (Lipinski definition) is 2. The molecule has 2 N–H and O–H groups in total. The first-order chi connectivity index (χ1) is 11.7. The van der Waals surface area contributed by atoms with Gasteiger partial charge in [0, 0.05) is 25.8 Å². The number of nitrogens with one attached hydrogen (secondary N) is 2. The zero-order valence-electron chi connectivity index (χ0n) is 13.8. The smallest absolute Gasteiger partial charge is 0.257 e. The first-order valence-corrected chi connectivity index (χ1v) is 8.08. The van der Waals surface area contributed by atoms with Gasteiger partial charge in [0.05, 0.1) is 16.6 Å². The number of amides is 1. The average Bonchev–Trinajstić information content (AvgIpc) is 3.24. The number of aryl methyl sites for hydroxylation is 1. The second-order valence-corrected chi connectivity index (χ2v) is 5.95. The van der Waals surface area contributed by atoms with Crippen LogP contribution in [0.3, 0.4) is 0 Å². The van der Waals surface area contributed by atoms with Crippen molar-refractivity contribution in [3.05, 3.63) is 58.4 Å². The van der Waals surface area contributed by atoms with E-state index in [1.807, 2.05) is 6.92 Å². The molecule has 7 heteroatoms. The van der Waals surface area contributed by atoms with Crippen molar-refractivity contribution >= 4 is 29.4 Å². The molecule has 0 bridgehead atoms. The molecule has 1 aliphatic rings. The Labute approximate surface area is 151 Å². The van der Waals surface area contributed by atoms with Crippen LogP contribution < -0.4 is 10.6 Å². The fraction of sp³-hybridized carbons (Fsp3) is 0.278. The lowest BCUT2D eigenvalue weighted by atomic mass is 10.1. The number of hydrogen-bond acceptors (Lipinski definition) is 5. The molecule has 0 saturated carbocycles. The standard InChI is InChI=1S/C18H18N4O2.ClH/c1-2-16-15-6-14(10-21-18(15)24-22-16)17(23)20-7-11-3-4-12-8-19-9-13(12)5-11;/h3-6,10,19H,2,7-9H2,1H3,(H,20,23);1H. The summed E-state index contributed by atoms with van der Waals surface area (Å²) in [5.74, 6) is -0.147. The Morgan fingerprint density at radius 3 is 2.96 bits per heavy atom. The van der Waals surface area contributed by atoms with Gasteiger partial charge in [-0.1, -0.05) is 30.3 Å². The van der Waals surface area contributed by atoms with Crippen LogP contribution in [0.15, 0.2) is 35.0 Å². The number of halogens is 1. The van der Waals surface area contributed by atoms with Gasteiger partial charge in [0.2, 0.25) is 0 Å². The maximum atomic E-state index is 12.4. The Morgan fingerprint density at radius 1 is 1.28 bits per heavy atom. The number of fused-ring (bicyclic) bond motifs is 2. The summed E-state index contributed by atoms with van der Waals surface area (Å²) in [4.78, 5) is 16.6. The molecule has 4 rings (SSSR count). The maximum Gasteiger partial charge on any atom is 0.257 e. The predicted molar refractivity (Wildman–Crippen MR) is 96.6 cm³/mol. The van der Waals surface area contributed by atoms with E-state index in [1.54, 1.807) is 6.07 Å². The van der Waals surface area contributed by atoms with Crippen LogP contribution in [0.4, 0.5) is 0 Å². The molecule has 1 aliphatic heterocycles. The molecule has 1 aromatic carbocycles. The molecule has 0 radical (unpaired) electrons. The third kappa shape index (κ3) is 3.36. The predicted octanol–water partition coefficient (Wildman–Crippen LogP) is 2.74. The molecular weight excluding hydrogens is 340 g/mol. The van der Waals surface area contributed by atoms with E-state index >= 15 is 0 Å². The molecule has 130 valence electrons. The van der Waals surface area contributed by atoms with E-state index in [0.29, 0.717) is 17.8 Å². The minimum atomic E-state index is -0.147. The van der Waals surface area contributed by atoms with Gasteiger partial charge in [-0.25, -0.2) is 4.98 Å². The summed E-state index contributed by atoms with van der Waals surface area (Å²) in [6.07, 6.45) is 2.26. The fourth-order valence-corrected chi connectivity index (χ4v) is 3.00. The summed E-state index contributed by atoms with van der Waals surface area (Å²) < 4.78 is 5.15. The Hall–Kier alpha value is -2.44. The van der Waals surface area contributed by atoms with Crippen LogP contribution >= 0.6 is 12.4 Å². The number of carbonyl (C=O) groups excluding carboxylic acids is 1. The summed E-state index contributed by atoms with van der Waals surface area (Å²) in [7, 11) is 0. The lowest BCUT2D eigenvalue weighted by molar-refractivity contribution is 0.0950. The summed E-state index contributed by atoms with van der Waals surface area (Å²) in [5.41, 5.74) is 5.54. The molecule has 3 aromatic rings. The van der Waals surface area contributed by atoms with Crippen LogP contribution in [0.25, 0.3) is 11.1 Å². The number of rotatable bonds is 4. The summed E-state index contributed by atoms with van der Waals surface area (Å²) in [6.45, 7) is 4.30. The Bertz CT molecular complexity index is 923. The Balaban J connectivity index is 0.00000182. The first kappa shape index (κ1) is 17.4. The third-order valence-corrected chi connectivity index (χ3v) is 4.36. The lowest BCUT2D eigenvalue weighted by Gasteiger charge is -2.07. The number of carbonyl (C=O) groups is 1. The topological polar surface area (TPSA) is 80.0 Å². The molecule has 0 spiro atoms. The van der Waals surface area contributed by atoms with Gasteiger partial charge in [-0.15, -0.1) is 12.4 Å². The van der Waals surface area contributed by atoms with Gasteiger partial charge in [0.15, 0.2) is 0 Å². The molecular formula is C18H19ClN4O2. The van der Waals surface area contributed by atoms with Gasteiger partial charge in [-0.2, -0.15) is 0 Å². The second kappa shape index (κ2) is 7.21. The molecule has 0 aliphatic carbocycles. The van der Waals surface area contributed by atoms with Crippen LogP contribution in [0.1, 0.15) is 39.7 Å². The maximum absolute atomic E-state index is 12.4. The van der Waals surface area contributed by atoms with E-state index in [1.165, 1.54) is 17.3 Å². The van der Waals surface area contributed by atoms with E-state index in [4.69, 9.17) is 4.52 Å². The van der Waals surface area contributed by atoms with Crippen molar-refractivity contribution in [3.8, 4) is 0 Å². The van der Waals surface area contributed by atoms with Crippen LogP contribution in [0, 0.1) is 0 Å². The fourth-order valence-electron chi connectivity index (χ4n) is 3.00. The molecule has 0 fully saturated rings. The zero-order valence-corrected chi connectivity index (χ0v) is 14.7. The summed E-state index contributed by atoms with van der Waals surface area (Å²) >= 11 is 0. The highest BCUT2D eigenvalue weighted by atomic mass is 35.5. The largest absolute Gasteiger partial charge is 0.348 e. The Morgan fingerprint density at radius 2 is 2.12 bits per heavy atom. The molecule has 2 aromatic heterocycles. The minimum Gasteiger partial charge on any atom is -0.348 e. The van der Waals surface area contributed by atoms with Gasteiger partial charge in [-0.3, -0.25) is 4.79 Å². The van der Waals surface area contributed by atoms with E-state index in [0.717, 1.165) is 36.2 Å². The van der Waals surface area contributed by atoms with Crippen LogP contribution in [0.2, 0.25) is 0 Å². The summed E-state index contributed by atoms with van der Waals surface area (Å²) in [6, 6.07) is 8.11. The minimum absolute atomic E-state index is 0. The highest BCUT2D eigenvalue weighted by Crippen LogP contribution is 2.19. The normalized spacial score (nSPS) is 12.7. The third-order valence-electron chi connectivity index (χ3n) is 4.36. The van der Waals surface area contributed by atoms with E-state index in [2.05, 4.69) is 39.0 Å². The van der Waals surface area contributed by atoms with Gasteiger partial charge >= 0.3 is 0 Å². The van der Waals surface area contributed by atoms with Crippen molar-refractivity contribution in [3.63, 3.8) is 0 Å². The van der Waals surface area contributed by atoms with Gasteiger partial charge in [0.25, 0.3) is 11.6 Å². The summed E-state index contributed by atoms with van der Waals surface area (Å²) in [5, 5.41) is 11.0. The number of benzene rings is 1. The second-order valence-electron chi connectivity index (χ2n) is 5.95. The van der Waals surface area contributed by atoms with Crippen molar-refractivity contribution in [2.75, 3.05) is 0 Å². The number of aromatic nitrogens is 2. The molecule has 0 saturated heterocycles. The quantitative estimate of drug-likeness (QED) is 0.749. The van der Waals surface area contributed by atoms with Crippen molar-refractivity contribution in [2.45, 2.75) is 33.0 Å². The van der Waals surface area contributed by atoms with Crippen molar-refractivity contribution < 1.29 is 9.32 Å². The van der Waals surface area contributed by atoms with Crippen molar-refractivity contribution in [2.24, 2.45) is 0 Å². The molecule has 0 unspecified atom stereocenters. The van der Waals surface area contributed by atoms with Gasteiger partial charge in [-0.05, 0) is 29.2 Å². The molecule has 6 nitrogen and oxygen atoms in total. The van der Waals surface area contributed by atoms with Crippen LogP contribution in [-0.2, 0) is 26.1 Å². The number of pyridine rings is 1. The van der Waals surface area contributed by atoms with Crippen molar-refractivity contribution in [1.82, 2.24) is 20.8 Å². The van der Waals surface area contributed by atoms with E-state index in [9.17, 15) is 4.79 Å². The van der Waals surface area contributed by atoms with Gasteiger partial charge in [0.1, 0.15) is 0 Å². The average molecular weight is 359 g/mol. The highest BCUT2D eigenvalue weighted by Gasteiger charge is 2.14. The molecule has 1 amide bonds. The van der Waals surface area contributed by atoms with E-state index < -0.39 is 0 Å². The lowest BCUT2D eigenvalue weighted by Crippen LogP contribution is -2.23. The molecule has 25 heavy (non-hydrogen) atoms.